The lowest BCUT2D eigenvalue weighted by Crippen LogP contribution is -1.98. The van der Waals surface area contributed by atoms with E-state index < -0.39 is 0 Å². The third-order valence-corrected chi connectivity index (χ3v) is 2.65. The minimum Gasteiger partial charge on any atom is -0.293 e. The van der Waals surface area contributed by atoms with E-state index in [0.29, 0.717) is 5.56 Å². The van der Waals surface area contributed by atoms with Crippen LogP contribution in [-0.4, -0.2) is 5.78 Å². The van der Waals surface area contributed by atoms with Gasteiger partial charge in [-0.25, -0.2) is 0 Å². The topological polar surface area (TPSA) is 40.9 Å². The Morgan fingerprint density at radius 3 is 2.77 bits per heavy atom. The Bertz CT molecular complexity index is 382. The van der Waals surface area contributed by atoms with Gasteiger partial charge in [-0.15, -0.1) is 0 Å². The van der Waals surface area contributed by atoms with E-state index in [9.17, 15) is 4.79 Å². The van der Waals surface area contributed by atoms with Gasteiger partial charge >= 0.3 is 0 Å². The molecule has 1 rings (SSSR count). The van der Waals surface area contributed by atoms with Gasteiger partial charge in [-0.3, -0.25) is 4.79 Å². The SMILES string of the molecule is N#CCC(=O)c1cc(Br)ccc1Br. The van der Waals surface area contributed by atoms with Crippen molar-refractivity contribution in [2.24, 2.45) is 0 Å². The molecule has 0 unspecified atom stereocenters. The number of nitriles is 1. The van der Waals surface area contributed by atoms with Crippen LogP contribution in [0.25, 0.3) is 0 Å². The molecule has 4 heteroatoms. The van der Waals surface area contributed by atoms with Gasteiger partial charge in [0, 0.05) is 14.5 Å². The maximum Gasteiger partial charge on any atom is 0.178 e. The highest BCUT2D eigenvalue weighted by Crippen LogP contribution is 2.22. The van der Waals surface area contributed by atoms with Gasteiger partial charge < -0.3 is 0 Å². The summed E-state index contributed by atoms with van der Waals surface area (Å²) < 4.78 is 1.55. The fourth-order valence-electron chi connectivity index (χ4n) is 0.878. The Hall–Kier alpha value is -0.660. The highest BCUT2D eigenvalue weighted by Gasteiger charge is 2.09. The van der Waals surface area contributed by atoms with Crippen LogP contribution in [0.1, 0.15) is 16.8 Å². The Morgan fingerprint density at radius 1 is 1.46 bits per heavy atom. The molecule has 0 atom stereocenters. The molecule has 2 nitrogen and oxygen atoms in total. The van der Waals surface area contributed by atoms with Crippen LogP contribution in [0.2, 0.25) is 0 Å². The molecular weight excluding hydrogens is 298 g/mol. The lowest BCUT2D eigenvalue weighted by atomic mass is 10.1. The average molecular weight is 303 g/mol. The lowest BCUT2D eigenvalue weighted by molar-refractivity contribution is 0.0997. The van der Waals surface area contributed by atoms with E-state index >= 15 is 0 Å². The summed E-state index contributed by atoms with van der Waals surface area (Å²) in [5.41, 5.74) is 0.538. The molecule has 1 aromatic rings. The number of carbonyl (C=O) groups excluding carboxylic acids is 1. The van der Waals surface area contributed by atoms with Crippen molar-refractivity contribution in [2.75, 3.05) is 0 Å². The minimum atomic E-state index is -0.171. The average Bonchev–Trinajstić information content (AvgIpc) is 2.09. The predicted octanol–water partition coefficient (Wildman–Crippen LogP) is 3.31. The zero-order valence-electron chi connectivity index (χ0n) is 6.55. The van der Waals surface area contributed by atoms with Crippen LogP contribution in [-0.2, 0) is 0 Å². The molecule has 13 heavy (non-hydrogen) atoms. The summed E-state index contributed by atoms with van der Waals surface area (Å²) >= 11 is 6.51. The first-order chi connectivity index (χ1) is 6.15. The number of hydrogen-bond donors (Lipinski definition) is 0. The third-order valence-electron chi connectivity index (χ3n) is 1.47. The summed E-state index contributed by atoms with van der Waals surface area (Å²) in [4.78, 5) is 11.3. The van der Waals surface area contributed by atoms with Crippen molar-refractivity contribution in [3.8, 4) is 6.07 Å². The van der Waals surface area contributed by atoms with Gasteiger partial charge in [-0.2, -0.15) is 5.26 Å². The molecular formula is C9H5Br2NO. The quantitative estimate of drug-likeness (QED) is 0.786. The molecule has 0 aliphatic rings. The van der Waals surface area contributed by atoms with Crippen LogP contribution in [0, 0.1) is 11.3 Å². The molecule has 1 aromatic carbocycles. The van der Waals surface area contributed by atoms with Crippen molar-refractivity contribution in [1.82, 2.24) is 0 Å². The zero-order chi connectivity index (χ0) is 9.84. The van der Waals surface area contributed by atoms with Crippen molar-refractivity contribution >= 4 is 37.6 Å². The molecule has 66 valence electrons. The van der Waals surface area contributed by atoms with E-state index in [4.69, 9.17) is 5.26 Å². The van der Waals surface area contributed by atoms with Gasteiger partial charge in [0.25, 0.3) is 0 Å². The zero-order valence-corrected chi connectivity index (χ0v) is 9.72. The molecule has 0 aliphatic heterocycles. The number of halogens is 2. The second kappa shape index (κ2) is 4.54. The smallest absolute Gasteiger partial charge is 0.178 e. The van der Waals surface area contributed by atoms with Gasteiger partial charge in [0.2, 0.25) is 0 Å². The van der Waals surface area contributed by atoms with E-state index in [1.54, 1.807) is 12.1 Å². The van der Waals surface area contributed by atoms with Gasteiger partial charge in [0.15, 0.2) is 5.78 Å². The number of Topliss-reactive ketones (excluding diaryl/α,β-unsaturated/α-hetero) is 1. The molecule has 0 fully saturated rings. The van der Waals surface area contributed by atoms with Crippen LogP contribution < -0.4 is 0 Å². The molecule has 0 bridgehead atoms. The van der Waals surface area contributed by atoms with Crippen LogP contribution in [0.5, 0.6) is 0 Å². The maximum atomic E-state index is 11.3. The molecule has 0 saturated carbocycles. The number of hydrogen-bond acceptors (Lipinski definition) is 2. The van der Waals surface area contributed by atoms with Crippen molar-refractivity contribution < 1.29 is 4.79 Å². The maximum absolute atomic E-state index is 11.3. The summed E-state index contributed by atoms with van der Waals surface area (Å²) in [5.74, 6) is -0.171. The fraction of sp³-hybridized carbons (Fsp3) is 0.111. The largest absolute Gasteiger partial charge is 0.293 e. The van der Waals surface area contributed by atoms with Gasteiger partial charge in [-0.05, 0) is 18.2 Å². The van der Waals surface area contributed by atoms with E-state index in [1.807, 2.05) is 12.1 Å². The Labute approximate surface area is 92.8 Å². The number of ketones is 1. The fourth-order valence-corrected chi connectivity index (χ4v) is 1.71. The predicted molar refractivity (Wildman–Crippen MR) is 56.4 cm³/mol. The molecule has 0 heterocycles. The van der Waals surface area contributed by atoms with Crippen LogP contribution in [0.15, 0.2) is 27.1 Å². The lowest BCUT2D eigenvalue weighted by Gasteiger charge is -2.00. The van der Waals surface area contributed by atoms with Gasteiger partial charge in [-0.1, -0.05) is 31.9 Å². The van der Waals surface area contributed by atoms with Crippen LogP contribution in [0.3, 0.4) is 0 Å². The van der Waals surface area contributed by atoms with E-state index in [1.165, 1.54) is 0 Å². The summed E-state index contributed by atoms with van der Waals surface area (Å²) in [7, 11) is 0. The van der Waals surface area contributed by atoms with Crippen molar-refractivity contribution in [2.45, 2.75) is 6.42 Å². The first kappa shape index (κ1) is 10.4. The first-order valence-electron chi connectivity index (χ1n) is 3.50. The van der Waals surface area contributed by atoms with E-state index in [-0.39, 0.29) is 12.2 Å². The third kappa shape index (κ3) is 2.64. The molecule has 0 N–H and O–H groups in total. The molecule has 0 amide bonds. The molecule has 0 aromatic heterocycles. The molecule has 0 aliphatic carbocycles. The normalized spacial score (nSPS) is 9.31. The van der Waals surface area contributed by atoms with Crippen LogP contribution in [0.4, 0.5) is 0 Å². The number of nitrogens with zero attached hydrogens (tertiary/aromatic N) is 1. The van der Waals surface area contributed by atoms with Crippen molar-refractivity contribution in [3.05, 3.63) is 32.7 Å². The highest BCUT2D eigenvalue weighted by molar-refractivity contribution is 9.11. The van der Waals surface area contributed by atoms with Crippen molar-refractivity contribution in [1.29, 1.82) is 5.26 Å². The minimum absolute atomic E-state index is 0.0882. The van der Waals surface area contributed by atoms with Crippen molar-refractivity contribution in [3.63, 3.8) is 0 Å². The highest BCUT2D eigenvalue weighted by atomic mass is 79.9. The van der Waals surface area contributed by atoms with E-state index in [2.05, 4.69) is 31.9 Å². The first-order valence-corrected chi connectivity index (χ1v) is 5.09. The van der Waals surface area contributed by atoms with Gasteiger partial charge in [0.1, 0.15) is 0 Å². The second-order valence-electron chi connectivity index (χ2n) is 2.38. The second-order valence-corrected chi connectivity index (χ2v) is 4.15. The standard InChI is InChI=1S/C9H5Br2NO/c10-6-1-2-8(11)7(5-6)9(13)3-4-12/h1-2,5H,3H2. The van der Waals surface area contributed by atoms with Crippen LogP contribution >= 0.6 is 31.9 Å². The number of rotatable bonds is 2. The Balaban J connectivity index is 3.07. The Kier molecular flexibility index (Phi) is 3.64. The molecule has 0 radical (unpaired) electrons. The summed E-state index contributed by atoms with van der Waals surface area (Å²) in [6, 6.07) is 7.12. The number of carbonyl (C=O) groups is 1. The summed E-state index contributed by atoms with van der Waals surface area (Å²) in [5, 5.41) is 8.36. The van der Waals surface area contributed by atoms with E-state index in [0.717, 1.165) is 8.95 Å². The molecule has 0 saturated heterocycles. The molecule has 0 spiro atoms. The Morgan fingerprint density at radius 2 is 2.15 bits per heavy atom. The summed E-state index contributed by atoms with van der Waals surface area (Å²) in [6.07, 6.45) is -0.0882. The number of benzene rings is 1. The summed E-state index contributed by atoms with van der Waals surface area (Å²) in [6.45, 7) is 0. The van der Waals surface area contributed by atoms with Gasteiger partial charge in [0.05, 0.1) is 12.5 Å². The monoisotopic (exact) mass is 301 g/mol.